The van der Waals surface area contributed by atoms with Gasteiger partial charge < -0.3 is 5.32 Å². The summed E-state index contributed by atoms with van der Waals surface area (Å²) in [6.07, 6.45) is 3.66. The molecule has 0 aromatic rings. The first kappa shape index (κ1) is 15.9. The van der Waals surface area contributed by atoms with Crippen molar-refractivity contribution in [3.63, 3.8) is 0 Å². The van der Waals surface area contributed by atoms with Crippen molar-refractivity contribution in [3.8, 4) is 0 Å². The Labute approximate surface area is 112 Å². The molecule has 0 bridgehead atoms. The van der Waals surface area contributed by atoms with Crippen LogP contribution in [0.1, 0.15) is 46.5 Å². The Balaban J connectivity index is 2.59. The highest BCUT2D eigenvalue weighted by Crippen LogP contribution is 2.22. The summed E-state index contributed by atoms with van der Waals surface area (Å²) in [5, 5.41) is 3.32. The molecule has 5 heteroatoms. The average Bonchev–Trinajstić information content (AvgIpc) is 2.53. The van der Waals surface area contributed by atoms with Gasteiger partial charge in [-0.15, -0.1) is 0 Å². The summed E-state index contributed by atoms with van der Waals surface area (Å²) in [6, 6.07) is 0.171. The van der Waals surface area contributed by atoms with E-state index in [1.54, 1.807) is 11.4 Å². The maximum absolute atomic E-state index is 12.3. The van der Waals surface area contributed by atoms with Crippen molar-refractivity contribution in [1.82, 2.24) is 9.62 Å². The Hall–Kier alpha value is -0.130. The third kappa shape index (κ3) is 5.24. The van der Waals surface area contributed by atoms with E-state index in [4.69, 9.17) is 0 Å². The third-order valence-electron chi connectivity index (χ3n) is 3.61. The molecule has 0 spiro atoms. The normalized spacial score (nSPS) is 23.1. The maximum Gasteiger partial charge on any atom is 0.214 e. The van der Waals surface area contributed by atoms with Crippen molar-refractivity contribution < 1.29 is 8.42 Å². The molecule has 1 fully saturated rings. The second kappa shape index (κ2) is 6.35. The fraction of sp³-hybridized carbons (Fsp3) is 1.00. The summed E-state index contributed by atoms with van der Waals surface area (Å²) < 4.78 is 26.2. The van der Waals surface area contributed by atoms with Gasteiger partial charge in [-0.2, -0.15) is 0 Å². The molecule has 1 rings (SSSR count). The fourth-order valence-corrected chi connectivity index (χ4v) is 3.99. The van der Waals surface area contributed by atoms with E-state index in [0.717, 1.165) is 32.4 Å². The first-order valence-corrected chi connectivity index (χ1v) is 8.50. The summed E-state index contributed by atoms with van der Waals surface area (Å²) in [6.45, 7) is 8.17. The van der Waals surface area contributed by atoms with Gasteiger partial charge in [0, 0.05) is 13.1 Å². The fourth-order valence-electron chi connectivity index (χ4n) is 2.17. The van der Waals surface area contributed by atoms with Crippen molar-refractivity contribution in [2.24, 2.45) is 5.41 Å². The molecule has 1 aliphatic heterocycles. The van der Waals surface area contributed by atoms with Crippen LogP contribution in [0.15, 0.2) is 0 Å². The molecule has 0 aliphatic carbocycles. The Bertz CT molecular complexity index is 338. The van der Waals surface area contributed by atoms with E-state index in [1.807, 2.05) is 0 Å². The van der Waals surface area contributed by atoms with E-state index < -0.39 is 10.0 Å². The predicted octanol–water partition coefficient (Wildman–Crippen LogP) is 1.83. The van der Waals surface area contributed by atoms with E-state index in [9.17, 15) is 8.42 Å². The van der Waals surface area contributed by atoms with Crippen LogP contribution in [0.3, 0.4) is 0 Å². The number of nitrogens with one attached hydrogen (secondary N) is 1. The van der Waals surface area contributed by atoms with Gasteiger partial charge in [0.05, 0.1) is 5.75 Å². The topological polar surface area (TPSA) is 49.4 Å². The van der Waals surface area contributed by atoms with E-state index in [2.05, 4.69) is 26.1 Å². The van der Waals surface area contributed by atoms with Crippen LogP contribution in [-0.4, -0.2) is 44.7 Å². The lowest BCUT2D eigenvalue weighted by Crippen LogP contribution is -2.39. The van der Waals surface area contributed by atoms with E-state index in [0.29, 0.717) is 6.42 Å². The molecular weight excluding hydrogens is 248 g/mol. The number of rotatable bonds is 4. The van der Waals surface area contributed by atoms with Crippen molar-refractivity contribution in [2.45, 2.75) is 52.5 Å². The van der Waals surface area contributed by atoms with Crippen LogP contribution in [0.4, 0.5) is 0 Å². The number of hydrogen-bond donors (Lipinski definition) is 1. The summed E-state index contributed by atoms with van der Waals surface area (Å²) in [5.41, 5.74) is 0.0684. The first-order valence-electron chi connectivity index (χ1n) is 6.89. The Morgan fingerprint density at radius 2 is 1.89 bits per heavy atom. The van der Waals surface area contributed by atoms with Gasteiger partial charge >= 0.3 is 0 Å². The van der Waals surface area contributed by atoms with E-state index >= 15 is 0 Å². The molecule has 1 aliphatic rings. The van der Waals surface area contributed by atoms with Crippen LogP contribution in [0.5, 0.6) is 0 Å². The summed E-state index contributed by atoms with van der Waals surface area (Å²) in [7, 11) is -1.36. The van der Waals surface area contributed by atoms with Gasteiger partial charge in [-0.3, -0.25) is 0 Å². The van der Waals surface area contributed by atoms with Gasteiger partial charge in [0.25, 0.3) is 0 Å². The van der Waals surface area contributed by atoms with Gasteiger partial charge in [0.1, 0.15) is 0 Å². The highest BCUT2D eigenvalue weighted by molar-refractivity contribution is 7.89. The summed E-state index contributed by atoms with van der Waals surface area (Å²) >= 11 is 0. The molecule has 1 heterocycles. The zero-order valence-electron chi connectivity index (χ0n) is 12.2. The second-order valence-electron chi connectivity index (χ2n) is 6.48. The Kier molecular flexibility index (Phi) is 5.62. The third-order valence-corrected chi connectivity index (χ3v) is 5.50. The van der Waals surface area contributed by atoms with Crippen LogP contribution < -0.4 is 5.32 Å². The van der Waals surface area contributed by atoms with Gasteiger partial charge in [-0.05, 0) is 44.2 Å². The lowest BCUT2D eigenvalue weighted by molar-refractivity contribution is 0.334. The molecule has 4 nitrogen and oxygen atoms in total. The van der Waals surface area contributed by atoms with Gasteiger partial charge in [-0.1, -0.05) is 20.8 Å². The highest BCUT2D eigenvalue weighted by Gasteiger charge is 2.27. The maximum atomic E-state index is 12.3. The van der Waals surface area contributed by atoms with Crippen LogP contribution in [0.25, 0.3) is 0 Å². The quantitative estimate of drug-likeness (QED) is 0.852. The monoisotopic (exact) mass is 276 g/mol. The molecule has 0 aromatic carbocycles. The van der Waals surface area contributed by atoms with E-state index in [1.165, 1.54) is 0 Å². The molecule has 0 amide bonds. The zero-order chi connectivity index (χ0) is 13.8. The van der Waals surface area contributed by atoms with Gasteiger partial charge in [0.15, 0.2) is 0 Å². The lowest BCUT2D eigenvalue weighted by Gasteiger charge is -2.27. The molecule has 1 N–H and O–H groups in total. The minimum absolute atomic E-state index is 0.0684. The smallest absolute Gasteiger partial charge is 0.214 e. The van der Waals surface area contributed by atoms with Crippen molar-refractivity contribution in [3.05, 3.63) is 0 Å². The first-order chi connectivity index (χ1) is 8.22. The molecular formula is C13H28N2O2S. The molecule has 18 heavy (non-hydrogen) atoms. The Morgan fingerprint density at radius 1 is 1.22 bits per heavy atom. The summed E-state index contributed by atoms with van der Waals surface area (Å²) in [4.78, 5) is 0. The van der Waals surface area contributed by atoms with Crippen LogP contribution in [0.2, 0.25) is 0 Å². The van der Waals surface area contributed by atoms with Crippen LogP contribution >= 0.6 is 0 Å². The van der Waals surface area contributed by atoms with E-state index in [-0.39, 0.29) is 17.2 Å². The van der Waals surface area contributed by atoms with Crippen molar-refractivity contribution in [1.29, 1.82) is 0 Å². The molecule has 0 radical (unpaired) electrons. The number of hydrogen-bond acceptors (Lipinski definition) is 3. The number of nitrogens with zero attached hydrogens (tertiary/aromatic N) is 1. The van der Waals surface area contributed by atoms with Crippen LogP contribution in [0, 0.1) is 5.41 Å². The minimum atomic E-state index is -3.10. The highest BCUT2D eigenvalue weighted by atomic mass is 32.2. The van der Waals surface area contributed by atoms with Gasteiger partial charge in [-0.25, -0.2) is 12.7 Å². The summed E-state index contributed by atoms with van der Waals surface area (Å²) in [5.74, 6) is 0.261. The van der Waals surface area contributed by atoms with Crippen LogP contribution in [-0.2, 0) is 10.0 Å². The molecule has 1 saturated heterocycles. The van der Waals surface area contributed by atoms with Crippen molar-refractivity contribution >= 4 is 10.0 Å². The largest absolute Gasteiger partial charge is 0.317 e. The standard InChI is InChI=1S/C13H28N2O2S/c1-13(2,3)8-11-18(16,17)15(4)12-6-5-9-14-10-7-12/h12,14H,5-11H2,1-4H3. The SMILES string of the molecule is CN(C1CCCNCC1)S(=O)(=O)CCC(C)(C)C. The lowest BCUT2D eigenvalue weighted by atomic mass is 9.94. The molecule has 108 valence electrons. The average molecular weight is 276 g/mol. The number of sulfonamides is 1. The van der Waals surface area contributed by atoms with Gasteiger partial charge in [0.2, 0.25) is 10.0 Å². The van der Waals surface area contributed by atoms with Crippen molar-refractivity contribution in [2.75, 3.05) is 25.9 Å². The zero-order valence-corrected chi connectivity index (χ0v) is 13.0. The minimum Gasteiger partial charge on any atom is -0.317 e. The molecule has 0 saturated carbocycles. The molecule has 1 atom stereocenters. The second-order valence-corrected chi connectivity index (χ2v) is 8.63. The molecule has 0 aromatic heterocycles. The molecule has 1 unspecified atom stereocenters. The Morgan fingerprint density at radius 3 is 2.50 bits per heavy atom. The predicted molar refractivity (Wildman–Crippen MR) is 76.1 cm³/mol.